The lowest BCUT2D eigenvalue weighted by Crippen LogP contribution is -2.47. The molecule has 6 nitrogen and oxygen atoms in total. The third-order valence-corrected chi connectivity index (χ3v) is 5.31. The van der Waals surface area contributed by atoms with Crippen LogP contribution in [-0.2, 0) is 16.9 Å². The van der Waals surface area contributed by atoms with Gasteiger partial charge in [0.25, 0.3) is 0 Å². The number of hydrogen-bond acceptors (Lipinski definition) is 7. The third kappa shape index (κ3) is 2.14. The number of aliphatic hydroxyl groups is 1. The van der Waals surface area contributed by atoms with Gasteiger partial charge in [-0.3, -0.25) is 0 Å². The van der Waals surface area contributed by atoms with E-state index in [1.807, 2.05) is 20.8 Å². The van der Waals surface area contributed by atoms with Crippen LogP contribution in [0.4, 0.5) is 0 Å². The lowest BCUT2D eigenvalue weighted by atomic mass is 9.73. The van der Waals surface area contributed by atoms with Crippen LogP contribution in [0.5, 0.6) is 0 Å². The number of hydrogen-bond donors (Lipinski definition) is 3. The largest absolute Gasteiger partial charge is 0.499 e. The zero-order valence-corrected chi connectivity index (χ0v) is 13.4. The van der Waals surface area contributed by atoms with E-state index < -0.39 is 23.8 Å². The number of ether oxygens (including phenoxy) is 1. The maximum atomic E-state index is 12.2. The minimum atomic E-state index is -1.65. The Morgan fingerprint density at radius 2 is 2.05 bits per heavy atom. The van der Waals surface area contributed by atoms with Gasteiger partial charge in [-0.15, -0.1) is 11.3 Å². The van der Waals surface area contributed by atoms with Gasteiger partial charge in [0.1, 0.15) is 10.5 Å². The Balaban J connectivity index is 2.34. The molecule has 0 aliphatic carbocycles. The van der Waals surface area contributed by atoms with Gasteiger partial charge in [0.2, 0.25) is 0 Å². The molecule has 1 aliphatic heterocycles. The smallest absolute Gasteiger partial charge is 0.423 e. The average molecular weight is 324 g/mol. The second-order valence-corrected chi connectivity index (χ2v) is 7.65. The Labute approximate surface area is 131 Å². The van der Waals surface area contributed by atoms with Gasteiger partial charge in [-0.05, 0) is 6.07 Å². The zero-order chi connectivity index (χ0) is 16.3. The van der Waals surface area contributed by atoms with Gasteiger partial charge < -0.3 is 24.3 Å². The Bertz CT molecular complexity index is 787. The van der Waals surface area contributed by atoms with Crippen molar-refractivity contribution >= 4 is 33.3 Å². The van der Waals surface area contributed by atoms with Crippen LogP contribution in [0.3, 0.4) is 0 Å². The molecule has 2 aromatic heterocycles. The van der Waals surface area contributed by atoms with Crippen molar-refractivity contribution in [2.24, 2.45) is 5.41 Å². The summed E-state index contributed by atoms with van der Waals surface area (Å²) in [5.41, 5.74) is -2.02. The predicted octanol–water partition coefficient (Wildman–Crippen LogP) is 0.298. The second-order valence-electron chi connectivity index (χ2n) is 6.57. The van der Waals surface area contributed by atoms with E-state index in [4.69, 9.17) is 9.15 Å². The molecule has 0 bridgehead atoms. The third-order valence-electron chi connectivity index (χ3n) is 4.16. The first-order valence-electron chi connectivity index (χ1n) is 6.91. The molecule has 0 aromatic carbocycles. The maximum Gasteiger partial charge on any atom is 0.499 e. The van der Waals surface area contributed by atoms with Gasteiger partial charge in [0.15, 0.2) is 5.60 Å². The summed E-state index contributed by atoms with van der Waals surface area (Å²) < 4.78 is 11.5. The molecule has 1 aliphatic rings. The standard InChI is InChI=1S/C14H17BO6S/c1-13(2,3)14(17)6-20-5-8-7-4-9(15(18)19)22-10(7)12(16)21-11(8)14/h4,17-19H,5-6H2,1-3H3. The lowest BCUT2D eigenvalue weighted by molar-refractivity contribution is -0.151. The fourth-order valence-corrected chi connectivity index (χ4v) is 3.57. The van der Waals surface area contributed by atoms with E-state index in [1.165, 1.54) is 6.07 Å². The summed E-state index contributed by atoms with van der Waals surface area (Å²) in [5, 5.41) is 30.2. The van der Waals surface area contributed by atoms with E-state index in [1.54, 1.807) is 0 Å². The van der Waals surface area contributed by atoms with E-state index in [0.717, 1.165) is 11.3 Å². The summed E-state index contributed by atoms with van der Waals surface area (Å²) in [6.07, 6.45) is 0. The van der Waals surface area contributed by atoms with Crippen molar-refractivity contribution in [3.05, 3.63) is 27.8 Å². The van der Waals surface area contributed by atoms with Gasteiger partial charge >= 0.3 is 12.7 Å². The molecule has 1 atom stereocenters. The molecule has 8 heteroatoms. The van der Waals surface area contributed by atoms with Gasteiger partial charge in [-0.1, -0.05) is 20.8 Å². The molecule has 0 saturated carbocycles. The zero-order valence-electron chi connectivity index (χ0n) is 12.5. The Morgan fingerprint density at radius 3 is 2.64 bits per heavy atom. The Kier molecular flexibility index (Phi) is 3.50. The summed E-state index contributed by atoms with van der Waals surface area (Å²) in [7, 11) is -1.65. The first-order valence-corrected chi connectivity index (χ1v) is 7.73. The molecule has 2 aromatic rings. The van der Waals surface area contributed by atoms with E-state index in [0.29, 0.717) is 15.6 Å². The van der Waals surface area contributed by atoms with E-state index in [-0.39, 0.29) is 23.8 Å². The molecule has 22 heavy (non-hydrogen) atoms. The highest BCUT2D eigenvalue weighted by Crippen LogP contribution is 2.44. The molecule has 1 unspecified atom stereocenters. The van der Waals surface area contributed by atoms with E-state index in [2.05, 4.69) is 0 Å². The van der Waals surface area contributed by atoms with Crippen LogP contribution in [0.1, 0.15) is 32.1 Å². The maximum absolute atomic E-state index is 12.2. The van der Waals surface area contributed by atoms with Crippen LogP contribution in [0.25, 0.3) is 10.1 Å². The summed E-state index contributed by atoms with van der Waals surface area (Å²) in [6.45, 7) is 5.76. The Hall–Kier alpha value is -1.19. The molecule has 3 rings (SSSR count). The summed E-state index contributed by atoms with van der Waals surface area (Å²) in [6, 6.07) is 1.54. The summed E-state index contributed by atoms with van der Waals surface area (Å²) in [4.78, 5) is 12.2. The van der Waals surface area contributed by atoms with Crippen molar-refractivity contribution in [3.63, 3.8) is 0 Å². The molecule has 0 radical (unpaired) electrons. The van der Waals surface area contributed by atoms with Crippen LogP contribution in [0.15, 0.2) is 15.3 Å². The van der Waals surface area contributed by atoms with Gasteiger partial charge in [0.05, 0.1) is 13.2 Å². The number of fused-ring (bicyclic) bond motifs is 3. The highest BCUT2D eigenvalue weighted by molar-refractivity contribution is 7.27. The highest BCUT2D eigenvalue weighted by Gasteiger charge is 2.48. The second kappa shape index (κ2) is 4.91. The molecule has 0 fully saturated rings. The fraction of sp³-hybridized carbons (Fsp3) is 0.500. The predicted molar refractivity (Wildman–Crippen MR) is 83.2 cm³/mol. The number of thiophene rings is 1. The van der Waals surface area contributed by atoms with Gasteiger partial charge in [0, 0.05) is 21.1 Å². The fourth-order valence-electron chi connectivity index (χ4n) is 2.64. The monoisotopic (exact) mass is 324 g/mol. The van der Waals surface area contributed by atoms with Crippen LogP contribution in [0.2, 0.25) is 0 Å². The molecule has 0 spiro atoms. The molecule has 3 N–H and O–H groups in total. The molecule has 118 valence electrons. The van der Waals surface area contributed by atoms with Crippen molar-refractivity contribution in [2.75, 3.05) is 6.61 Å². The van der Waals surface area contributed by atoms with Gasteiger partial charge in [-0.25, -0.2) is 4.79 Å². The minimum Gasteiger partial charge on any atom is -0.423 e. The molecule has 0 saturated heterocycles. The lowest BCUT2D eigenvalue weighted by Gasteiger charge is -2.42. The first kappa shape index (κ1) is 15.7. The molecular formula is C14H17BO6S. The van der Waals surface area contributed by atoms with Crippen LogP contribution in [-0.4, -0.2) is 28.9 Å². The quantitative estimate of drug-likeness (QED) is 0.653. The Morgan fingerprint density at radius 1 is 1.36 bits per heavy atom. The minimum absolute atomic E-state index is 0.0393. The highest BCUT2D eigenvalue weighted by atomic mass is 32.1. The van der Waals surface area contributed by atoms with Crippen molar-refractivity contribution in [1.29, 1.82) is 0 Å². The summed E-state index contributed by atoms with van der Waals surface area (Å²) in [5.74, 6) is 0.209. The normalized spacial score (nSPS) is 21.9. The van der Waals surface area contributed by atoms with Crippen molar-refractivity contribution in [1.82, 2.24) is 0 Å². The van der Waals surface area contributed by atoms with Crippen molar-refractivity contribution < 1.29 is 24.3 Å². The van der Waals surface area contributed by atoms with Crippen LogP contribution in [0, 0.1) is 5.41 Å². The van der Waals surface area contributed by atoms with Crippen molar-refractivity contribution in [3.8, 4) is 0 Å². The first-order chi connectivity index (χ1) is 10.1. The van der Waals surface area contributed by atoms with Crippen LogP contribution >= 0.6 is 11.3 Å². The van der Waals surface area contributed by atoms with Gasteiger partial charge in [-0.2, -0.15) is 0 Å². The summed E-state index contributed by atoms with van der Waals surface area (Å²) >= 11 is 0.969. The topological polar surface area (TPSA) is 100 Å². The van der Waals surface area contributed by atoms with Crippen LogP contribution < -0.4 is 10.4 Å². The van der Waals surface area contributed by atoms with E-state index >= 15 is 0 Å². The SMILES string of the molecule is CC(C)(C)C1(O)COCc2c1oc(=O)c1sc(B(O)O)cc21. The number of rotatable bonds is 1. The molecule has 3 heterocycles. The average Bonchev–Trinajstić information content (AvgIpc) is 2.85. The van der Waals surface area contributed by atoms with E-state index in [9.17, 15) is 19.9 Å². The molecular weight excluding hydrogens is 307 g/mol. The van der Waals surface area contributed by atoms with Crippen molar-refractivity contribution in [2.45, 2.75) is 33.0 Å². The molecule has 0 amide bonds.